The van der Waals surface area contributed by atoms with E-state index in [1.807, 2.05) is 38.1 Å². The minimum atomic E-state index is -0.738. The molecule has 3 amide bonds. The van der Waals surface area contributed by atoms with E-state index >= 15 is 0 Å². The van der Waals surface area contributed by atoms with E-state index in [1.165, 1.54) is 0 Å². The average Bonchev–Trinajstić information content (AvgIpc) is 3.53. The number of nitrogens with one attached hydrogen (secondary N) is 2. The van der Waals surface area contributed by atoms with Gasteiger partial charge in [0.05, 0.1) is 33.9 Å². The van der Waals surface area contributed by atoms with Crippen LogP contribution >= 0.6 is 23.4 Å². The van der Waals surface area contributed by atoms with Crippen LogP contribution in [0.25, 0.3) is 0 Å². The van der Waals surface area contributed by atoms with Gasteiger partial charge in [-0.2, -0.15) is 0 Å². The van der Waals surface area contributed by atoms with Crippen molar-refractivity contribution >= 4 is 52.5 Å². The second-order valence-corrected chi connectivity index (χ2v) is 13.2. The lowest BCUT2D eigenvalue weighted by Gasteiger charge is -2.38. The molecule has 0 radical (unpaired) electrons. The zero-order chi connectivity index (χ0) is 29.3. The van der Waals surface area contributed by atoms with E-state index in [9.17, 15) is 19.5 Å². The van der Waals surface area contributed by atoms with Gasteiger partial charge in [-0.05, 0) is 81.3 Å². The topological polar surface area (TPSA) is 108 Å². The van der Waals surface area contributed by atoms with Gasteiger partial charge in [0.15, 0.2) is 0 Å². The molecule has 3 saturated heterocycles. The predicted molar refractivity (Wildman–Crippen MR) is 162 cm³/mol. The summed E-state index contributed by atoms with van der Waals surface area (Å²) in [6.07, 6.45) is 2.79. The van der Waals surface area contributed by atoms with Crippen LogP contribution in [-0.2, 0) is 14.4 Å². The molecule has 3 N–H and O–H groups in total. The Bertz CT molecular complexity index is 1290. The molecule has 220 valence electrons. The Morgan fingerprint density at radius 1 is 1.12 bits per heavy atom. The molecule has 0 aliphatic carbocycles. The number of anilines is 2. The van der Waals surface area contributed by atoms with E-state index in [0.29, 0.717) is 42.4 Å². The fraction of sp³-hybridized carbons (Fsp3) is 0.516. The van der Waals surface area contributed by atoms with Crippen LogP contribution in [0.15, 0.2) is 42.5 Å². The number of para-hydroxylation sites is 1. The standard InChI is InChI=1S/C31H38ClN3O5S/c1-4-40-21-13-11-20(12-14-21)33-28(37)24-23-17-19(3)31(41-23)25(24)30(39)35(15-6-5-7-16-36)27(31)29(38)34-26-18(2)9-8-10-22(26)32/h8-14,19,23-25,27,36H,4-7,15-17H2,1-3H3,(H,33,37)(H,34,38)/t19?,23-,24+,25+,27?,31?/m1/s1. The summed E-state index contributed by atoms with van der Waals surface area (Å²) in [5, 5.41) is 15.7. The number of carbonyl (C=O) groups is 3. The van der Waals surface area contributed by atoms with Crippen LogP contribution in [0.3, 0.4) is 0 Å². The lowest BCUT2D eigenvalue weighted by atomic mass is 9.66. The summed E-state index contributed by atoms with van der Waals surface area (Å²) in [6.45, 7) is 6.93. The maximum Gasteiger partial charge on any atom is 0.248 e. The van der Waals surface area contributed by atoms with Gasteiger partial charge in [0, 0.05) is 24.1 Å². The van der Waals surface area contributed by atoms with Gasteiger partial charge >= 0.3 is 0 Å². The smallest absolute Gasteiger partial charge is 0.248 e. The van der Waals surface area contributed by atoms with Crippen LogP contribution in [0.2, 0.25) is 5.02 Å². The Labute approximate surface area is 250 Å². The Balaban J connectivity index is 1.45. The van der Waals surface area contributed by atoms with E-state index in [2.05, 4.69) is 17.6 Å². The number of ether oxygens (including phenoxy) is 1. The van der Waals surface area contributed by atoms with Crippen molar-refractivity contribution in [3.8, 4) is 5.75 Å². The van der Waals surface area contributed by atoms with Crippen LogP contribution < -0.4 is 15.4 Å². The molecular formula is C31H38ClN3O5S. The lowest BCUT2D eigenvalue weighted by Crippen LogP contribution is -2.55. The van der Waals surface area contributed by atoms with Crippen molar-refractivity contribution in [3.63, 3.8) is 0 Å². The number of benzene rings is 2. The molecule has 1 spiro atoms. The van der Waals surface area contributed by atoms with Gasteiger partial charge in [0.2, 0.25) is 17.7 Å². The van der Waals surface area contributed by atoms with Crippen LogP contribution in [0.5, 0.6) is 5.75 Å². The highest BCUT2D eigenvalue weighted by molar-refractivity contribution is 8.02. The molecule has 2 aromatic carbocycles. The first-order chi connectivity index (χ1) is 19.7. The highest BCUT2D eigenvalue weighted by atomic mass is 35.5. The maximum absolute atomic E-state index is 14.2. The number of aryl methyl sites for hydroxylation is 1. The molecular weight excluding hydrogens is 562 g/mol. The van der Waals surface area contributed by atoms with Gasteiger partial charge in [0.1, 0.15) is 11.8 Å². The van der Waals surface area contributed by atoms with Crippen molar-refractivity contribution in [1.29, 1.82) is 0 Å². The number of unbranched alkanes of at least 4 members (excludes halogenated alkanes) is 2. The zero-order valence-corrected chi connectivity index (χ0v) is 25.3. The second-order valence-electron chi connectivity index (χ2n) is 11.2. The molecule has 5 rings (SSSR count). The van der Waals surface area contributed by atoms with E-state index in [-0.39, 0.29) is 35.5 Å². The summed E-state index contributed by atoms with van der Waals surface area (Å²) in [6, 6.07) is 11.9. The number of fused-ring (bicyclic) bond motifs is 1. The SMILES string of the molecule is CCOc1ccc(NC(=O)[C@@H]2[C@H]3C(=O)N(CCCCCO)C(C(=O)Nc4c(C)cccc4Cl)C34S[C@@H]2CC4C)cc1. The summed E-state index contributed by atoms with van der Waals surface area (Å²) < 4.78 is 4.79. The van der Waals surface area contributed by atoms with E-state index in [0.717, 1.165) is 24.2 Å². The molecule has 2 bridgehead atoms. The van der Waals surface area contributed by atoms with E-state index in [4.69, 9.17) is 16.3 Å². The van der Waals surface area contributed by atoms with Crippen molar-refractivity contribution in [2.75, 3.05) is 30.4 Å². The molecule has 2 aromatic rings. The molecule has 3 unspecified atom stereocenters. The second kappa shape index (κ2) is 12.2. The van der Waals surface area contributed by atoms with Crippen LogP contribution in [0.4, 0.5) is 11.4 Å². The summed E-state index contributed by atoms with van der Waals surface area (Å²) in [5.41, 5.74) is 2.02. The maximum atomic E-state index is 14.2. The first-order valence-electron chi connectivity index (χ1n) is 14.4. The van der Waals surface area contributed by atoms with Crippen molar-refractivity contribution in [1.82, 2.24) is 4.90 Å². The predicted octanol–water partition coefficient (Wildman–Crippen LogP) is 5.12. The van der Waals surface area contributed by atoms with Crippen molar-refractivity contribution in [2.24, 2.45) is 17.8 Å². The molecule has 3 aliphatic heterocycles. The molecule has 6 atom stereocenters. The monoisotopic (exact) mass is 599 g/mol. The normalized spacial score (nSPS) is 28.1. The molecule has 3 fully saturated rings. The lowest BCUT2D eigenvalue weighted by molar-refractivity contribution is -0.138. The van der Waals surface area contributed by atoms with Gasteiger partial charge in [-0.1, -0.05) is 30.7 Å². The van der Waals surface area contributed by atoms with Crippen molar-refractivity contribution < 1.29 is 24.2 Å². The summed E-state index contributed by atoms with van der Waals surface area (Å²) in [4.78, 5) is 43.9. The number of carbonyl (C=O) groups excluding carboxylic acids is 3. The number of thioether (sulfide) groups is 1. The third-order valence-electron chi connectivity index (χ3n) is 8.76. The van der Waals surface area contributed by atoms with Gasteiger partial charge in [0.25, 0.3) is 0 Å². The number of likely N-dealkylation sites (tertiary alicyclic amines) is 1. The van der Waals surface area contributed by atoms with Gasteiger partial charge in [-0.25, -0.2) is 0 Å². The first-order valence-corrected chi connectivity index (χ1v) is 15.7. The zero-order valence-electron chi connectivity index (χ0n) is 23.7. The first kappa shape index (κ1) is 29.7. The van der Waals surface area contributed by atoms with E-state index in [1.54, 1.807) is 34.9 Å². The highest BCUT2D eigenvalue weighted by Gasteiger charge is 2.75. The highest BCUT2D eigenvalue weighted by Crippen LogP contribution is 2.68. The number of hydrogen-bond donors (Lipinski definition) is 3. The number of aliphatic hydroxyl groups excluding tert-OH is 1. The number of aliphatic hydroxyl groups is 1. The Morgan fingerprint density at radius 2 is 1.88 bits per heavy atom. The number of nitrogens with zero attached hydrogens (tertiary/aromatic N) is 1. The Kier molecular flexibility index (Phi) is 8.87. The third kappa shape index (κ3) is 5.32. The average molecular weight is 600 g/mol. The molecule has 3 heterocycles. The van der Waals surface area contributed by atoms with Crippen LogP contribution in [0, 0.1) is 24.7 Å². The third-order valence-corrected chi connectivity index (χ3v) is 11.1. The number of halogens is 1. The number of amides is 3. The summed E-state index contributed by atoms with van der Waals surface area (Å²) >= 11 is 8.11. The molecule has 3 aliphatic rings. The molecule has 41 heavy (non-hydrogen) atoms. The van der Waals surface area contributed by atoms with Gasteiger partial charge < -0.3 is 25.4 Å². The van der Waals surface area contributed by atoms with Crippen molar-refractivity contribution in [3.05, 3.63) is 53.1 Å². The summed E-state index contributed by atoms with van der Waals surface area (Å²) in [7, 11) is 0. The molecule has 8 nitrogen and oxygen atoms in total. The van der Waals surface area contributed by atoms with Crippen LogP contribution in [0.1, 0.15) is 45.1 Å². The molecule has 0 saturated carbocycles. The van der Waals surface area contributed by atoms with Crippen LogP contribution in [-0.4, -0.2) is 63.5 Å². The van der Waals surface area contributed by atoms with Gasteiger partial charge in [-0.15, -0.1) is 11.8 Å². The largest absolute Gasteiger partial charge is 0.494 e. The molecule has 0 aromatic heterocycles. The minimum Gasteiger partial charge on any atom is -0.494 e. The molecule has 10 heteroatoms. The number of rotatable bonds is 11. The summed E-state index contributed by atoms with van der Waals surface area (Å²) in [5.74, 6) is -0.974. The Morgan fingerprint density at radius 3 is 2.56 bits per heavy atom. The van der Waals surface area contributed by atoms with Gasteiger partial charge in [-0.3, -0.25) is 14.4 Å². The minimum absolute atomic E-state index is 0.0597. The van der Waals surface area contributed by atoms with E-state index < -0.39 is 22.6 Å². The quantitative estimate of drug-likeness (QED) is 0.309. The number of hydrogen-bond acceptors (Lipinski definition) is 6. The van der Waals surface area contributed by atoms with Crippen molar-refractivity contribution in [2.45, 2.75) is 62.5 Å². The Hall–Kier alpha value is -2.75. The fourth-order valence-corrected chi connectivity index (χ4v) is 9.63. The fourth-order valence-electron chi connectivity index (χ4n) is 6.94.